The smallest absolute Gasteiger partial charge is 0.0123 e. The van der Waals surface area contributed by atoms with Gasteiger partial charge in [0, 0.05) is 0 Å². The summed E-state index contributed by atoms with van der Waals surface area (Å²) in [5.74, 6) is 0. The fourth-order valence-electron chi connectivity index (χ4n) is 4.98. The highest BCUT2D eigenvalue weighted by molar-refractivity contribution is 5.46. The van der Waals surface area contributed by atoms with Crippen molar-refractivity contribution < 1.29 is 0 Å². The molecule has 2 aromatic rings. The summed E-state index contributed by atoms with van der Waals surface area (Å²) < 4.78 is 0. The second kappa shape index (κ2) is 8.90. The first kappa shape index (κ1) is 27.7. The largest absolute Gasteiger partial charge is 0.0576 e. The minimum atomic E-state index is -0.398. The Balaban J connectivity index is 2.67. The Morgan fingerprint density at radius 2 is 0.848 bits per heavy atom. The van der Waals surface area contributed by atoms with Crippen molar-refractivity contribution in [1.82, 2.24) is 0 Å². The average Bonchev–Trinajstić information content (AvgIpc) is 2.57. The van der Waals surface area contributed by atoms with Crippen LogP contribution in [0.5, 0.6) is 0 Å². The molecule has 0 spiro atoms. The maximum atomic E-state index is 4.71. The monoisotopic (exact) mass is 444 g/mol. The van der Waals surface area contributed by atoms with Gasteiger partial charge >= 0.3 is 0 Å². The molecule has 0 aliphatic rings. The van der Waals surface area contributed by atoms with Crippen molar-refractivity contribution in [3.63, 3.8) is 0 Å². The van der Waals surface area contributed by atoms with Crippen LogP contribution in [0.15, 0.2) is 24.3 Å². The topological polar surface area (TPSA) is 0 Å². The lowest BCUT2D eigenvalue weighted by atomic mass is 9.68. The Hall–Kier alpha value is -1.56. The molecule has 0 N–H and O–H groups in total. The molecule has 0 atom stereocenters. The van der Waals surface area contributed by atoms with Gasteiger partial charge in [0.2, 0.25) is 0 Å². The SMILES string of the molecule is [CH2]C([CH2])(Cc1c(C(C)(C)C)[c]ccc1C(C)(C)C)Cc1c(C(C)(C)C)[c]ccc1C(C)(C)C. The van der Waals surface area contributed by atoms with Crippen LogP contribution >= 0.6 is 0 Å². The normalized spacial score (nSPS) is 14.0. The van der Waals surface area contributed by atoms with Crippen molar-refractivity contribution in [1.29, 1.82) is 0 Å². The zero-order valence-electron chi connectivity index (χ0n) is 23.6. The van der Waals surface area contributed by atoms with Crippen molar-refractivity contribution in [2.45, 2.75) is 118 Å². The zero-order chi connectivity index (χ0) is 25.6. The number of hydrogen-bond donors (Lipinski definition) is 0. The van der Waals surface area contributed by atoms with Gasteiger partial charge in [0.1, 0.15) is 0 Å². The molecule has 4 radical (unpaired) electrons. The molecule has 0 fully saturated rings. The fourth-order valence-corrected chi connectivity index (χ4v) is 4.98. The summed E-state index contributed by atoms with van der Waals surface area (Å²) in [5, 5.41) is 0. The number of benzene rings is 2. The summed E-state index contributed by atoms with van der Waals surface area (Å²) in [6.07, 6.45) is 1.65. The third-order valence-corrected chi connectivity index (χ3v) is 6.43. The number of hydrogen-bond acceptors (Lipinski definition) is 0. The second-order valence-electron chi connectivity index (χ2n) is 14.3. The van der Waals surface area contributed by atoms with Crippen LogP contribution in [0.25, 0.3) is 0 Å². The molecule has 0 aliphatic heterocycles. The molecular weight excluding hydrogens is 396 g/mol. The summed E-state index contributed by atoms with van der Waals surface area (Å²) in [6, 6.07) is 15.9. The van der Waals surface area contributed by atoms with E-state index in [1.807, 2.05) is 0 Å². The van der Waals surface area contributed by atoms with Crippen molar-refractivity contribution in [2.75, 3.05) is 0 Å². The van der Waals surface area contributed by atoms with E-state index in [2.05, 4.69) is 119 Å². The van der Waals surface area contributed by atoms with E-state index in [-0.39, 0.29) is 21.7 Å². The molecule has 0 aromatic heterocycles. The quantitative estimate of drug-likeness (QED) is 0.441. The van der Waals surface area contributed by atoms with Crippen LogP contribution in [-0.2, 0) is 34.5 Å². The van der Waals surface area contributed by atoms with Crippen LogP contribution in [0.4, 0.5) is 0 Å². The lowest BCUT2D eigenvalue weighted by Crippen LogP contribution is -2.29. The Morgan fingerprint density at radius 3 is 1.09 bits per heavy atom. The summed E-state index contributed by atoms with van der Waals surface area (Å²) in [5.41, 5.74) is 7.82. The summed E-state index contributed by atoms with van der Waals surface area (Å²) in [7, 11) is 0. The second-order valence-corrected chi connectivity index (χ2v) is 14.3. The fraction of sp³-hybridized carbons (Fsp3) is 0.576. The summed E-state index contributed by atoms with van der Waals surface area (Å²) >= 11 is 0. The number of rotatable bonds is 4. The highest BCUT2D eigenvalue weighted by Gasteiger charge is 2.33. The summed E-state index contributed by atoms with van der Waals surface area (Å²) in [4.78, 5) is 0. The van der Waals surface area contributed by atoms with E-state index in [1.165, 1.54) is 33.4 Å². The molecule has 0 bridgehead atoms. The van der Waals surface area contributed by atoms with Gasteiger partial charge in [0.15, 0.2) is 0 Å². The predicted molar refractivity (Wildman–Crippen MR) is 146 cm³/mol. The maximum absolute atomic E-state index is 4.71. The molecular formula is C33H48. The van der Waals surface area contributed by atoms with E-state index in [4.69, 9.17) is 13.8 Å². The van der Waals surface area contributed by atoms with E-state index < -0.39 is 5.41 Å². The van der Waals surface area contributed by atoms with Gasteiger partial charge in [-0.15, -0.1) is 0 Å². The predicted octanol–water partition coefficient (Wildman–Crippen LogP) is 8.92. The molecule has 2 aromatic carbocycles. The van der Waals surface area contributed by atoms with E-state index in [0.717, 1.165) is 12.8 Å². The molecule has 0 nitrogen and oxygen atoms in total. The van der Waals surface area contributed by atoms with Crippen molar-refractivity contribution >= 4 is 0 Å². The van der Waals surface area contributed by atoms with E-state index in [1.54, 1.807) is 0 Å². The molecule has 33 heavy (non-hydrogen) atoms. The lowest BCUT2D eigenvalue weighted by molar-refractivity contribution is 0.442. The maximum Gasteiger partial charge on any atom is -0.0123 e. The van der Waals surface area contributed by atoms with Crippen molar-refractivity contribution in [3.05, 3.63) is 83.6 Å². The summed E-state index contributed by atoms with van der Waals surface area (Å²) in [6.45, 7) is 36.9. The molecule has 0 heteroatoms. The molecule has 0 heterocycles. The van der Waals surface area contributed by atoms with Crippen LogP contribution in [0, 0.1) is 31.4 Å². The van der Waals surface area contributed by atoms with Gasteiger partial charge in [-0.1, -0.05) is 107 Å². The Labute approximate surface area is 206 Å². The molecule has 0 unspecified atom stereocenters. The van der Waals surface area contributed by atoms with Gasteiger partial charge in [-0.25, -0.2) is 0 Å². The molecule has 0 saturated heterocycles. The van der Waals surface area contributed by atoms with Crippen molar-refractivity contribution in [2.24, 2.45) is 5.41 Å². The average molecular weight is 445 g/mol. The Bertz CT molecular complexity index is 813. The van der Waals surface area contributed by atoms with Crippen LogP contribution in [0.1, 0.15) is 116 Å². The van der Waals surface area contributed by atoms with Gasteiger partial charge in [0.25, 0.3) is 0 Å². The Kier molecular flexibility index (Phi) is 7.47. The highest BCUT2D eigenvalue weighted by Crippen LogP contribution is 2.41. The van der Waals surface area contributed by atoms with Crippen LogP contribution in [0.2, 0.25) is 0 Å². The molecule has 2 rings (SSSR count). The van der Waals surface area contributed by atoms with Gasteiger partial charge < -0.3 is 0 Å². The molecule has 180 valence electrons. The van der Waals surface area contributed by atoms with Crippen LogP contribution in [0.3, 0.4) is 0 Å². The van der Waals surface area contributed by atoms with E-state index in [9.17, 15) is 0 Å². The Morgan fingerprint density at radius 1 is 0.545 bits per heavy atom. The van der Waals surface area contributed by atoms with E-state index in [0.29, 0.717) is 0 Å². The van der Waals surface area contributed by atoms with Crippen LogP contribution < -0.4 is 0 Å². The van der Waals surface area contributed by atoms with Gasteiger partial charge in [-0.2, -0.15) is 0 Å². The third-order valence-electron chi connectivity index (χ3n) is 6.43. The minimum absolute atomic E-state index is 0.0142. The zero-order valence-corrected chi connectivity index (χ0v) is 23.6. The minimum Gasteiger partial charge on any atom is -0.0576 e. The van der Waals surface area contributed by atoms with Crippen LogP contribution in [-0.4, -0.2) is 0 Å². The third kappa shape index (κ3) is 6.74. The van der Waals surface area contributed by atoms with Gasteiger partial charge in [0.05, 0.1) is 0 Å². The van der Waals surface area contributed by atoms with Gasteiger partial charge in [-0.3, -0.25) is 0 Å². The molecule has 0 saturated carbocycles. The first-order valence-corrected chi connectivity index (χ1v) is 12.4. The highest BCUT2D eigenvalue weighted by atomic mass is 14.4. The van der Waals surface area contributed by atoms with Crippen molar-refractivity contribution in [3.8, 4) is 0 Å². The first-order valence-electron chi connectivity index (χ1n) is 12.4. The molecule has 0 amide bonds. The standard InChI is InChI=1S/C33H48/c1-29(2,3)25-17-15-18-26(30(4,5)6)23(25)21-33(13,14)22-24-27(31(7,8)9)19-16-20-28(24)32(10,11)12/h15-17,19H,13-14,21-22H2,1-12H3. The first-order chi connectivity index (χ1) is 14.6. The van der Waals surface area contributed by atoms with E-state index >= 15 is 0 Å². The van der Waals surface area contributed by atoms with Gasteiger partial charge in [-0.05, 0) is 99.3 Å². The molecule has 0 aliphatic carbocycles. The lowest BCUT2D eigenvalue weighted by Gasteiger charge is -2.37.